The van der Waals surface area contributed by atoms with Gasteiger partial charge in [0, 0.05) is 48.7 Å². The second-order valence-corrected chi connectivity index (χ2v) is 7.25. The van der Waals surface area contributed by atoms with Crippen LogP contribution in [0, 0.1) is 0 Å². The van der Waals surface area contributed by atoms with Crippen molar-refractivity contribution in [2.24, 2.45) is 0 Å². The number of nitrogens with zero attached hydrogens (tertiary/aromatic N) is 3. The Balaban J connectivity index is 1.30. The van der Waals surface area contributed by atoms with Crippen LogP contribution < -0.4 is 5.32 Å². The Bertz CT molecular complexity index is 1010. The van der Waals surface area contributed by atoms with E-state index in [1.54, 1.807) is 42.6 Å². The normalized spacial score (nSPS) is 14.3. The van der Waals surface area contributed by atoms with Gasteiger partial charge in [-0.1, -0.05) is 12.1 Å². The molecule has 3 heterocycles. The fraction of sp³-hybridized carbons (Fsp3) is 0.304. The molecule has 1 saturated heterocycles. The fourth-order valence-electron chi connectivity index (χ4n) is 3.36. The second kappa shape index (κ2) is 10.1. The van der Waals surface area contributed by atoms with Gasteiger partial charge >= 0.3 is 0 Å². The van der Waals surface area contributed by atoms with E-state index in [4.69, 9.17) is 9.15 Å². The average Bonchev–Trinajstić information content (AvgIpc) is 3.33. The molecule has 0 saturated carbocycles. The van der Waals surface area contributed by atoms with Crippen LogP contribution in [0.3, 0.4) is 0 Å². The molecule has 8 nitrogen and oxygen atoms in total. The summed E-state index contributed by atoms with van der Waals surface area (Å²) < 4.78 is 10.8. The number of oxazole rings is 1. The van der Waals surface area contributed by atoms with Gasteiger partial charge in [-0.15, -0.1) is 0 Å². The van der Waals surface area contributed by atoms with Crippen molar-refractivity contribution >= 4 is 11.7 Å². The topological polar surface area (TPSA) is 97.6 Å². The lowest BCUT2D eigenvalue weighted by Crippen LogP contribution is -2.38. The molecule has 1 amide bonds. The second-order valence-electron chi connectivity index (χ2n) is 7.25. The maximum Gasteiger partial charge on any atom is 0.273 e. The molecular formula is C23H24N4O4. The summed E-state index contributed by atoms with van der Waals surface area (Å²) in [5, 5.41) is 2.88. The van der Waals surface area contributed by atoms with Gasteiger partial charge in [-0.3, -0.25) is 19.5 Å². The summed E-state index contributed by atoms with van der Waals surface area (Å²) in [6, 6.07) is 10.4. The number of hydrogen-bond acceptors (Lipinski definition) is 7. The fourth-order valence-corrected chi connectivity index (χ4v) is 3.36. The van der Waals surface area contributed by atoms with Crippen LogP contribution in [0.2, 0.25) is 0 Å². The first-order chi connectivity index (χ1) is 15.2. The van der Waals surface area contributed by atoms with Crippen LogP contribution in [-0.2, 0) is 4.74 Å². The van der Waals surface area contributed by atoms with E-state index in [1.165, 1.54) is 12.5 Å². The summed E-state index contributed by atoms with van der Waals surface area (Å²) in [5.41, 5.74) is 1.99. The zero-order chi connectivity index (χ0) is 21.5. The summed E-state index contributed by atoms with van der Waals surface area (Å²) in [4.78, 5) is 35.4. The average molecular weight is 420 g/mol. The van der Waals surface area contributed by atoms with E-state index in [9.17, 15) is 9.59 Å². The monoisotopic (exact) mass is 420 g/mol. The lowest BCUT2D eigenvalue weighted by molar-refractivity contribution is 0.0374. The van der Waals surface area contributed by atoms with Crippen LogP contribution in [0.5, 0.6) is 0 Å². The lowest BCUT2D eigenvalue weighted by atomic mass is 10.0. The minimum Gasteiger partial charge on any atom is -0.444 e. The van der Waals surface area contributed by atoms with Crippen LogP contribution in [-0.4, -0.2) is 66.0 Å². The molecule has 0 aliphatic carbocycles. The summed E-state index contributed by atoms with van der Waals surface area (Å²) in [7, 11) is 0. The van der Waals surface area contributed by atoms with Gasteiger partial charge in [-0.05, 0) is 37.2 Å². The third-order valence-corrected chi connectivity index (χ3v) is 5.09. The SMILES string of the molecule is O=C(c1ccc(-c2nc(C(=O)NCCCN3CCOCC3)co2)cc1)c1cccnc1. The van der Waals surface area contributed by atoms with Gasteiger partial charge in [-0.25, -0.2) is 4.98 Å². The maximum atomic E-state index is 12.5. The Labute approximate surface area is 180 Å². The standard InChI is InChI=1S/C23H24N4O4/c28-21(19-3-1-8-24-15-19)17-4-6-18(7-5-17)23-26-20(16-31-23)22(29)25-9-2-10-27-11-13-30-14-12-27/h1,3-8,15-16H,2,9-14H2,(H,25,29). The Morgan fingerprint density at radius 1 is 1.06 bits per heavy atom. The van der Waals surface area contributed by atoms with Crippen molar-refractivity contribution in [3.8, 4) is 11.5 Å². The number of ketones is 1. The molecule has 0 radical (unpaired) electrons. The Morgan fingerprint density at radius 2 is 1.87 bits per heavy atom. The number of ether oxygens (including phenoxy) is 1. The van der Waals surface area contributed by atoms with E-state index in [1.807, 2.05) is 0 Å². The van der Waals surface area contributed by atoms with Gasteiger partial charge in [0.05, 0.1) is 13.2 Å². The molecule has 0 bridgehead atoms. The molecule has 3 aromatic rings. The number of hydrogen-bond donors (Lipinski definition) is 1. The van der Waals surface area contributed by atoms with E-state index in [0.29, 0.717) is 29.1 Å². The van der Waals surface area contributed by atoms with E-state index in [-0.39, 0.29) is 17.4 Å². The highest BCUT2D eigenvalue weighted by atomic mass is 16.5. The molecule has 1 fully saturated rings. The predicted octanol–water partition coefficient (Wildman–Crippen LogP) is 2.42. The molecule has 1 aromatic carbocycles. The van der Waals surface area contributed by atoms with Gasteiger partial charge in [0.25, 0.3) is 5.91 Å². The van der Waals surface area contributed by atoms with E-state index in [2.05, 4.69) is 20.2 Å². The zero-order valence-electron chi connectivity index (χ0n) is 17.1. The van der Waals surface area contributed by atoms with Crippen LogP contribution in [0.15, 0.2) is 59.5 Å². The molecule has 1 aliphatic heterocycles. The van der Waals surface area contributed by atoms with Crippen molar-refractivity contribution in [2.75, 3.05) is 39.4 Å². The number of amides is 1. The van der Waals surface area contributed by atoms with Crippen molar-refractivity contribution in [3.63, 3.8) is 0 Å². The smallest absolute Gasteiger partial charge is 0.273 e. The highest BCUT2D eigenvalue weighted by molar-refractivity contribution is 6.08. The van der Waals surface area contributed by atoms with E-state index in [0.717, 1.165) is 39.3 Å². The number of nitrogens with one attached hydrogen (secondary N) is 1. The number of carbonyl (C=O) groups excluding carboxylic acids is 2. The zero-order valence-corrected chi connectivity index (χ0v) is 17.1. The van der Waals surface area contributed by atoms with E-state index < -0.39 is 0 Å². The number of benzene rings is 1. The molecule has 2 aromatic heterocycles. The first-order valence-electron chi connectivity index (χ1n) is 10.3. The Morgan fingerprint density at radius 3 is 2.61 bits per heavy atom. The van der Waals surface area contributed by atoms with Crippen LogP contribution >= 0.6 is 0 Å². The largest absolute Gasteiger partial charge is 0.444 e. The summed E-state index contributed by atoms with van der Waals surface area (Å²) in [6.45, 7) is 4.92. The molecule has 0 atom stereocenters. The van der Waals surface area contributed by atoms with E-state index >= 15 is 0 Å². The molecule has 0 unspecified atom stereocenters. The number of aromatic nitrogens is 2. The van der Waals surface area contributed by atoms with Crippen LogP contribution in [0.4, 0.5) is 0 Å². The van der Waals surface area contributed by atoms with Gasteiger partial charge in [-0.2, -0.15) is 0 Å². The minimum absolute atomic E-state index is 0.107. The van der Waals surface area contributed by atoms with Gasteiger partial charge < -0.3 is 14.5 Å². The lowest BCUT2D eigenvalue weighted by Gasteiger charge is -2.26. The first kappa shape index (κ1) is 20.9. The molecule has 160 valence electrons. The minimum atomic E-state index is -0.264. The van der Waals surface area contributed by atoms with Crippen LogP contribution in [0.25, 0.3) is 11.5 Å². The maximum absolute atomic E-state index is 12.5. The summed E-state index contributed by atoms with van der Waals surface area (Å²) >= 11 is 0. The van der Waals surface area contributed by atoms with Crippen molar-refractivity contribution in [1.29, 1.82) is 0 Å². The van der Waals surface area contributed by atoms with Gasteiger partial charge in [0.1, 0.15) is 6.26 Å². The molecule has 4 rings (SSSR count). The molecule has 1 aliphatic rings. The van der Waals surface area contributed by atoms with Crippen molar-refractivity contribution in [3.05, 3.63) is 71.9 Å². The van der Waals surface area contributed by atoms with Crippen molar-refractivity contribution in [2.45, 2.75) is 6.42 Å². The number of morpholine rings is 1. The molecule has 8 heteroatoms. The molecule has 1 N–H and O–H groups in total. The molecule has 0 spiro atoms. The quantitative estimate of drug-likeness (QED) is 0.441. The number of carbonyl (C=O) groups is 2. The first-order valence-corrected chi connectivity index (χ1v) is 10.3. The highest BCUT2D eigenvalue weighted by Gasteiger charge is 2.15. The predicted molar refractivity (Wildman–Crippen MR) is 114 cm³/mol. The third-order valence-electron chi connectivity index (χ3n) is 5.09. The third kappa shape index (κ3) is 5.42. The number of rotatable bonds is 8. The summed E-state index contributed by atoms with van der Waals surface area (Å²) in [5.74, 6) is -0.0385. The van der Waals surface area contributed by atoms with Crippen molar-refractivity contribution < 1.29 is 18.7 Å². The van der Waals surface area contributed by atoms with Crippen LogP contribution in [0.1, 0.15) is 32.8 Å². The van der Waals surface area contributed by atoms with Gasteiger partial charge in [0.2, 0.25) is 5.89 Å². The number of pyridine rings is 1. The summed E-state index contributed by atoms with van der Waals surface area (Å²) in [6.07, 6.45) is 5.38. The Hall–Kier alpha value is -3.36. The molecular weight excluding hydrogens is 396 g/mol. The van der Waals surface area contributed by atoms with Gasteiger partial charge in [0.15, 0.2) is 11.5 Å². The Kier molecular flexibility index (Phi) is 6.81. The molecule has 31 heavy (non-hydrogen) atoms. The van der Waals surface area contributed by atoms with Crippen molar-refractivity contribution in [1.82, 2.24) is 20.2 Å². The highest BCUT2D eigenvalue weighted by Crippen LogP contribution is 2.20.